The second-order valence-electron chi connectivity index (χ2n) is 9.88. The van der Waals surface area contributed by atoms with Gasteiger partial charge in [-0.15, -0.1) is 0 Å². The third-order valence-corrected chi connectivity index (χ3v) is 9.71. The fourth-order valence-electron chi connectivity index (χ4n) is 5.06. The molecule has 2 unspecified atom stereocenters. The number of aromatic nitrogens is 1. The molecule has 1 saturated heterocycles. The molecule has 1 fully saturated rings. The van der Waals surface area contributed by atoms with Crippen LogP contribution in [0.15, 0.2) is 70.2 Å². The summed E-state index contributed by atoms with van der Waals surface area (Å²) in [6.07, 6.45) is 3.45. The van der Waals surface area contributed by atoms with Gasteiger partial charge in [0.1, 0.15) is 5.76 Å². The van der Waals surface area contributed by atoms with Gasteiger partial charge in [0.05, 0.1) is 27.9 Å². The zero-order valence-corrected chi connectivity index (χ0v) is 22.9. The molecule has 9 heteroatoms. The monoisotopic (exact) mass is 537 g/mol. The van der Waals surface area contributed by atoms with Gasteiger partial charge >= 0.3 is 0 Å². The second kappa shape index (κ2) is 10.4. The van der Waals surface area contributed by atoms with Gasteiger partial charge < -0.3 is 4.42 Å². The van der Waals surface area contributed by atoms with Crippen molar-refractivity contribution in [3.63, 3.8) is 0 Å². The van der Waals surface area contributed by atoms with Crippen molar-refractivity contribution in [1.82, 2.24) is 9.29 Å². The molecular formula is C28H31N3O4S2. The fourth-order valence-corrected chi connectivity index (χ4v) is 7.75. The molecule has 4 aromatic rings. The third kappa shape index (κ3) is 5.21. The number of rotatable bonds is 7. The number of hydrogen-bond acceptors (Lipinski definition) is 6. The molecule has 0 N–H and O–H groups in total. The van der Waals surface area contributed by atoms with E-state index in [1.54, 1.807) is 33.7 Å². The van der Waals surface area contributed by atoms with Crippen LogP contribution in [-0.4, -0.2) is 36.7 Å². The average molecular weight is 538 g/mol. The lowest BCUT2D eigenvalue weighted by Crippen LogP contribution is -2.42. The highest BCUT2D eigenvalue weighted by atomic mass is 32.2. The number of carbonyl (C=O) groups excluding carboxylic acids is 1. The smallest absolute Gasteiger partial charge is 0.260 e. The Bertz CT molecular complexity index is 1480. The summed E-state index contributed by atoms with van der Waals surface area (Å²) in [4.78, 5) is 20.4. The molecule has 1 aliphatic rings. The Morgan fingerprint density at radius 3 is 2.46 bits per heavy atom. The zero-order chi connectivity index (χ0) is 26.2. The largest absolute Gasteiger partial charge is 0.467 e. The molecule has 2 aromatic carbocycles. The number of carbonyl (C=O) groups is 1. The summed E-state index contributed by atoms with van der Waals surface area (Å²) >= 11 is 1.46. The minimum atomic E-state index is -3.63. The number of fused-ring (bicyclic) bond motifs is 1. The van der Waals surface area contributed by atoms with Crippen LogP contribution in [0.2, 0.25) is 0 Å². The minimum Gasteiger partial charge on any atom is -0.467 e. The first kappa shape index (κ1) is 25.6. The maximum atomic E-state index is 13.7. The van der Waals surface area contributed by atoms with Crippen molar-refractivity contribution in [1.29, 1.82) is 0 Å². The van der Waals surface area contributed by atoms with Gasteiger partial charge in [-0.05, 0) is 72.7 Å². The highest BCUT2D eigenvalue weighted by Gasteiger charge is 2.32. The van der Waals surface area contributed by atoms with E-state index >= 15 is 0 Å². The van der Waals surface area contributed by atoms with Crippen molar-refractivity contribution >= 4 is 42.6 Å². The molecule has 2 aromatic heterocycles. The van der Waals surface area contributed by atoms with E-state index < -0.39 is 10.0 Å². The van der Waals surface area contributed by atoms with E-state index in [-0.39, 0.29) is 17.3 Å². The number of hydrogen-bond donors (Lipinski definition) is 0. The van der Waals surface area contributed by atoms with Crippen molar-refractivity contribution in [3.8, 4) is 0 Å². The number of thiazole rings is 1. The van der Waals surface area contributed by atoms with Crippen LogP contribution < -0.4 is 4.90 Å². The van der Waals surface area contributed by atoms with Gasteiger partial charge in [-0.25, -0.2) is 13.4 Å². The Morgan fingerprint density at radius 1 is 1.08 bits per heavy atom. The minimum absolute atomic E-state index is 0.204. The molecule has 194 valence electrons. The number of piperidine rings is 1. The van der Waals surface area contributed by atoms with E-state index in [9.17, 15) is 13.2 Å². The number of amides is 1. The molecule has 2 atom stereocenters. The van der Waals surface area contributed by atoms with Gasteiger partial charge in [-0.2, -0.15) is 4.31 Å². The van der Waals surface area contributed by atoms with Gasteiger partial charge in [0.25, 0.3) is 5.91 Å². The highest BCUT2D eigenvalue weighted by Crippen LogP contribution is 2.33. The molecule has 0 aliphatic carbocycles. The lowest BCUT2D eigenvalue weighted by molar-refractivity contribution is 0.0983. The normalized spacial score (nSPS) is 18.8. The van der Waals surface area contributed by atoms with Crippen LogP contribution in [0, 0.1) is 11.8 Å². The lowest BCUT2D eigenvalue weighted by atomic mass is 9.94. The summed E-state index contributed by atoms with van der Waals surface area (Å²) in [5.41, 5.74) is 2.41. The number of nitrogens with zero attached hydrogens (tertiary/aromatic N) is 3. The van der Waals surface area contributed by atoms with Crippen LogP contribution in [0.4, 0.5) is 5.13 Å². The molecule has 0 bridgehead atoms. The van der Waals surface area contributed by atoms with Crippen LogP contribution in [0.3, 0.4) is 0 Å². The first-order valence-electron chi connectivity index (χ1n) is 12.6. The molecule has 0 radical (unpaired) electrons. The summed E-state index contributed by atoms with van der Waals surface area (Å²) in [5.74, 6) is 1.00. The maximum absolute atomic E-state index is 13.7. The van der Waals surface area contributed by atoms with E-state index in [4.69, 9.17) is 9.40 Å². The molecule has 1 aliphatic heterocycles. The molecule has 0 saturated carbocycles. The molecule has 37 heavy (non-hydrogen) atoms. The third-order valence-electron chi connectivity index (χ3n) is 6.82. The predicted molar refractivity (Wildman–Crippen MR) is 146 cm³/mol. The lowest BCUT2D eigenvalue weighted by Gasteiger charge is -2.34. The van der Waals surface area contributed by atoms with Gasteiger partial charge in [0.2, 0.25) is 10.0 Å². The summed E-state index contributed by atoms with van der Waals surface area (Å²) in [5, 5.41) is 0.574. The first-order chi connectivity index (χ1) is 17.8. The summed E-state index contributed by atoms with van der Waals surface area (Å²) < 4.78 is 34.7. The topological polar surface area (TPSA) is 83.7 Å². The number of sulfonamides is 1. The van der Waals surface area contributed by atoms with Crippen LogP contribution in [-0.2, 0) is 23.0 Å². The quantitative estimate of drug-likeness (QED) is 0.290. The molecule has 3 heterocycles. The SMILES string of the molecule is CCc1cccc2sc(N(Cc3ccco3)C(=O)c3ccc(S(=O)(=O)N4CC(C)CC(C)C4)cc3)nc12. The summed E-state index contributed by atoms with van der Waals surface area (Å²) in [6.45, 7) is 7.50. The van der Waals surface area contributed by atoms with Gasteiger partial charge in [0, 0.05) is 18.7 Å². The molecule has 5 rings (SSSR count). The van der Waals surface area contributed by atoms with E-state index in [2.05, 4.69) is 20.8 Å². The van der Waals surface area contributed by atoms with E-state index in [0.29, 0.717) is 41.4 Å². The van der Waals surface area contributed by atoms with Crippen LogP contribution in [0.1, 0.15) is 48.9 Å². The Hall–Kier alpha value is -3.01. The standard InChI is InChI=1S/C28H31N3O4S2/c1-4-21-7-5-9-25-26(21)29-28(36-25)31(18-23-8-6-14-35-23)27(32)22-10-12-24(13-11-22)37(33,34)30-16-19(2)15-20(3)17-30/h5-14,19-20H,4,15-18H2,1-3H3. The van der Waals surface area contributed by atoms with Gasteiger partial charge in [-0.1, -0.05) is 44.2 Å². The zero-order valence-electron chi connectivity index (χ0n) is 21.3. The van der Waals surface area contributed by atoms with Gasteiger partial charge in [0.15, 0.2) is 5.13 Å². The van der Waals surface area contributed by atoms with Crippen LogP contribution in [0.25, 0.3) is 10.2 Å². The Morgan fingerprint density at radius 2 is 1.81 bits per heavy atom. The van der Waals surface area contributed by atoms with Crippen LogP contribution in [0.5, 0.6) is 0 Å². The summed E-state index contributed by atoms with van der Waals surface area (Å²) in [7, 11) is -3.63. The molecular weight excluding hydrogens is 506 g/mol. The molecule has 7 nitrogen and oxygen atoms in total. The highest BCUT2D eigenvalue weighted by molar-refractivity contribution is 7.89. The fraction of sp³-hybridized carbons (Fsp3) is 0.357. The van der Waals surface area contributed by atoms with Gasteiger partial charge in [-0.3, -0.25) is 9.69 Å². The maximum Gasteiger partial charge on any atom is 0.260 e. The Labute approximate surface area is 221 Å². The average Bonchev–Trinajstić information content (AvgIpc) is 3.56. The van der Waals surface area contributed by atoms with Crippen molar-refractivity contribution < 1.29 is 17.6 Å². The molecule has 1 amide bonds. The number of para-hydroxylation sites is 1. The Kier molecular flexibility index (Phi) is 7.20. The van der Waals surface area contributed by atoms with Crippen molar-refractivity contribution in [2.24, 2.45) is 11.8 Å². The number of benzene rings is 2. The Balaban J connectivity index is 1.46. The van der Waals surface area contributed by atoms with Crippen LogP contribution >= 0.6 is 11.3 Å². The second-order valence-corrected chi connectivity index (χ2v) is 12.8. The number of furan rings is 1. The number of aryl methyl sites for hydroxylation is 1. The first-order valence-corrected chi connectivity index (χ1v) is 14.8. The summed E-state index contributed by atoms with van der Waals surface area (Å²) in [6, 6.07) is 15.9. The van der Waals surface area contributed by atoms with Crippen molar-refractivity contribution in [3.05, 3.63) is 77.7 Å². The van der Waals surface area contributed by atoms with E-state index in [0.717, 1.165) is 28.6 Å². The predicted octanol–water partition coefficient (Wildman–Crippen LogP) is 5.97. The molecule has 0 spiro atoms. The van der Waals surface area contributed by atoms with E-state index in [1.807, 2.05) is 24.3 Å². The number of anilines is 1. The van der Waals surface area contributed by atoms with Crippen molar-refractivity contribution in [2.45, 2.75) is 45.1 Å². The van der Waals surface area contributed by atoms with Crippen molar-refractivity contribution in [2.75, 3.05) is 18.0 Å². The van der Waals surface area contributed by atoms with E-state index in [1.165, 1.54) is 23.5 Å².